The Morgan fingerprint density at radius 1 is 1.50 bits per heavy atom. The highest BCUT2D eigenvalue weighted by atomic mass is 31.2. The largest absolute Gasteiger partial charge is 0.469 e. The van der Waals surface area contributed by atoms with Gasteiger partial charge in [-0.05, 0) is 6.42 Å². The lowest BCUT2D eigenvalue weighted by Crippen LogP contribution is -2.14. The summed E-state index contributed by atoms with van der Waals surface area (Å²) >= 11 is 0. The summed E-state index contributed by atoms with van der Waals surface area (Å²) in [6.45, 7) is -0.460. The van der Waals surface area contributed by atoms with E-state index in [4.69, 9.17) is 14.9 Å². The van der Waals surface area contributed by atoms with Gasteiger partial charge in [0.1, 0.15) is 6.29 Å². The number of phosphoric ester groups is 1. The van der Waals surface area contributed by atoms with Crippen LogP contribution < -0.4 is 0 Å². The van der Waals surface area contributed by atoms with Gasteiger partial charge >= 0.3 is 7.82 Å². The van der Waals surface area contributed by atoms with E-state index in [0.29, 0.717) is 6.29 Å². The minimum absolute atomic E-state index is 0.142. The van der Waals surface area contributed by atoms with Crippen LogP contribution in [-0.2, 0) is 13.9 Å². The van der Waals surface area contributed by atoms with Gasteiger partial charge < -0.3 is 19.7 Å². The molecule has 0 saturated carbocycles. The first-order valence-corrected chi connectivity index (χ1v) is 4.80. The van der Waals surface area contributed by atoms with Crippen molar-refractivity contribution in [2.75, 3.05) is 6.61 Å². The van der Waals surface area contributed by atoms with E-state index in [1.54, 1.807) is 0 Å². The van der Waals surface area contributed by atoms with Gasteiger partial charge in [0, 0.05) is 6.42 Å². The molecule has 0 bridgehead atoms. The molecule has 1 atom stereocenters. The molecule has 3 N–H and O–H groups in total. The molecular weight excluding hydrogens is 187 g/mol. The van der Waals surface area contributed by atoms with Gasteiger partial charge in [-0.25, -0.2) is 4.57 Å². The van der Waals surface area contributed by atoms with Crippen molar-refractivity contribution in [3.8, 4) is 0 Å². The Balaban J connectivity index is 3.50. The SMILES string of the molecule is O=CCC[C@H](O)COP(=O)(O)O. The molecule has 0 aliphatic rings. The number of carbonyl (C=O) groups is 1. The molecule has 0 aromatic rings. The monoisotopic (exact) mass is 198 g/mol. The number of carbonyl (C=O) groups excluding carboxylic acids is 1. The van der Waals surface area contributed by atoms with E-state index in [1.807, 2.05) is 0 Å². The molecule has 0 aliphatic carbocycles. The summed E-state index contributed by atoms with van der Waals surface area (Å²) in [5, 5.41) is 8.92. The predicted octanol–water partition coefficient (Wildman–Crippen LogP) is -0.564. The number of aliphatic hydroxyl groups is 1. The Kier molecular flexibility index (Phi) is 5.28. The molecule has 72 valence electrons. The van der Waals surface area contributed by atoms with Crippen molar-refractivity contribution in [3.63, 3.8) is 0 Å². The molecule has 0 rings (SSSR count). The predicted molar refractivity (Wildman–Crippen MR) is 39.3 cm³/mol. The molecule has 0 amide bonds. The average molecular weight is 198 g/mol. The molecule has 0 spiro atoms. The quantitative estimate of drug-likeness (QED) is 0.390. The fraction of sp³-hybridized carbons (Fsp3) is 0.800. The van der Waals surface area contributed by atoms with E-state index >= 15 is 0 Å². The third kappa shape index (κ3) is 7.84. The highest BCUT2D eigenvalue weighted by molar-refractivity contribution is 7.46. The van der Waals surface area contributed by atoms with Crippen LogP contribution in [0.3, 0.4) is 0 Å². The molecule has 0 radical (unpaired) electrons. The summed E-state index contributed by atoms with van der Waals surface area (Å²) in [6, 6.07) is 0. The van der Waals surface area contributed by atoms with Crippen LogP contribution >= 0.6 is 7.82 Å². The first kappa shape index (κ1) is 11.7. The van der Waals surface area contributed by atoms with Gasteiger partial charge in [0.05, 0.1) is 12.7 Å². The topological polar surface area (TPSA) is 104 Å². The van der Waals surface area contributed by atoms with E-state index in [9.17, 15) is 9.36 Å². The molecule has 12 heavy (non-hydrogen) atoms. The van der Waals surface area contributed by atoms with E-state index in [-0.39, 0.29) is 12.8 Å². The van der Waals surface area contributed by atoms with Crippen LogP contribution in [0.4, 0.5) is 0 Å². The number of hydrogen-bond donors (Lipinski definition) is 3. The van der Waals surface area contributed by atoms with Crippen LogP contribution in [0.2, 0.25) is 0 Å². The fourth-order valence-electron chi connectivity index (χ4n) is 0.527. The lowest BCUT2D eigenvalue weighted by molar-refractivity contribution is -0.108. The maximum atomic E-state index is 10.1. The Morgan fingerprint density at radius 2 is 2.08 bits per heavy atom. The zero-order valence-corrected chi connectivity index (χ0v) is 7.18. The van der Waals surface area contributed by atoms with Crippen LogP contribution in [0.25, 0.3) is 0 Å². The highest BCUT2D eigenvalue weighted by Crippen LogP contribution is 2.35. The van der Waals surface area contributed by atoms with Crippen LogP contribution in [0, 0.1) is 0 Å². The van der Waals surface area contributed by atoms with Crippen LogP contribution in [0.1, 0.15) is 12.8 Å². The van der Waals surface area contributed by atoms with Crippen LogP contribution in [0.15, 0.2) is 0 Å². The molecule has 0 unspecified atom stereocenters. The van der Waals surface area contributed by atoms with Crippen LogP contribution in [0.5, 0.6) is 0 Å². The third-order valence-electron chi connectivity index (χ3n) is 1.05. The second-order valence-corrected chi connectivity index (χ2v) is 3.42. The van der Waals surface area contributed by atoms with Gasteiger partial charge in [-0.3, -0.25) is 4.52 Å². The van der Waals surface area contributed by atoms with Gasteiger partial charge in [-0.2, -0.15) is 0 Å². The van der Waals surface area contributed by atoms with Crippen molar-refractivity contribution in [3.05, 3.63) is 0 Å². The van der Waals surface area contributed by atoms with Crippen molar-refractivity contribution in [2.24, 2.45) is 0 Å². The maximum Gasteiger partial charge on any atom is 0.469 e. The van der Waals surface area contributed by atoms with Crippen LogP contribution in [-0.4, -0.2) is 33.9 Å². The smallest absolute Gasteiger partial charge is 0.391 e. The summed E-state index contributed by atoms with van der Waals surface area (Å²) in [5.41, 5.74) is 0. The molecule has 6 nitrogen and oxygen atoms in total. The first-order chi connectivity index (χ1) is 5.45. The van der Waals surface area contributed by atoms with Crippen molar-refractivity contribution in [1.29, 1.82) is 0 Å². The third-order valence-corrected chi connectivity index (χ3v) is 1.54. The fourth-order valence-corrected chi connectivity index (χ4v) is 0.893. The molecule has 0 aliphatic heterocycles. The summed E-state index contributed by atoms with van der Waals surface area (Å²) in [5.74, 6) is 0. The Bertz CT molecular complexity index is 175. The number of phosphoric acid groups is 1. The first-order valence-electron chi connectivity index (χ1n) is 3.27. The number of aliphatic hydroxyl groups excluding tert-OH is 1. The van der Waals surface area contributed by atoms with E-state index in [1.165, 1.54) is 0 Å². The summed E-state index contributed by atoms with van der Waals surface area (Å²) in [7, 11) is -4.50. The lowest BCUT2D eigenvalue weighted by atomic mass is 10.2. The minimum Gasteiger partial charge on any atom is -0.391 e. The zero-order valence-electron chi connectivity index (χ0n) is 6.29. The average Bonchev–Trinajstić information content (AvgIpc) is 1.95. The summed E-state index contributed by atoms with van der Waals surface area (Å²) < 4.78 is 14.1. The molecule has 0 saturated heterocycles. The number of hydrogen-bond acceptors (Lipinski definition) is 4. The van der Waals surface area contributed by atoms with Gasteiger partial charge in [0.25, 0.3) is 0 Å². The van der Waals surface area contributed by atoms with Crippen molar-refractivity contribution >= 4 is 14.1 Å². The van der Waals surface area contributed by atoms with Gasteiger partial charge in [-0.1, -0.05) is 0 Å². The molecule has 0 fully saturated rings. The number of aldehydes is 1. The van der Waals surface area contributed by atoms with Crippen molar-refractivity contribution < 1.29 is 28.8 Å². The molecule has 0 aromatic carbocycles. The second-order valence-electron chi connectivity index (χ2n) is 2.18. The zero-order chi connectivity index (χ0) is 9.61. The van der Waals surface area contributed by atoms with Gasteiger partial charge in [0.15, 0.2) is 0 Å². The van der Waals surface area contributed by atoms with Gasteiger partial charge in [-0.15, -0.1) is 0 Å². The maximum absolute atomic E-state index is 10.1. The summed E-state index contributed by atoms with van der Waals surface area (Å²) in [4.78, 5) is 26.2. The Morgan fingerprint density at radius 3 is 2.50 bits per heavy atom. The van der Waals surface area contributed by atoms with Crippen molar-refractivity contribution in [2.45, 2.75) is 18.9 Å². The highest BCUT2D eigenvalue weighted by Gasteiger charge is 2.16. The minimum atomic E-state index is -4.50. The van der Waals surface area contributed by atoms with Crippen molar-refractivity contribution in [1.82, 2.24) is 0 Å². The Hall–Kier alpha value is -0.260. The normalized spacial score (nSPS) is 14.2. The van der Waals surface area contributed by atoms with E-state index < -0.39 is 20.5 Å². The molecule has 0 aromatic heterocycles. The van der Waals surface area contributed by atoms with Gasteiger partial charge in [0.2, 0.25) is 0 Å². The van der Waals surface area contributed by atoms with E-state index in [2.05, 4.69) is 4.52 Å². The Labute approximate surface area is 69.4 Å². The second kappa shape index (κ2) is 5.40. The van der Waals surface area contributed by atoms with E-state index in [0.717, 1.165) is 0 Å². The number of rotatable bonds is 6. The summed E-state index contributed by atoms with van der Waals surface area (Å²) in [6.07, 6.45) is -0.113. The lowest BCUT2D eigenvalue weighted by Gasteiger charge is -2.09. The molecule has 7 heteroatoms. The standard InChI is InChI=1S/C5H11O6P/c6-3-1-2-5(7)4-11-12(8,9)10/h3,5,7H,1-2,4H2,(H2,8,9,10)/t5-/m0/s1. The molecule has 0 heterocycles. The molecular formula is C5H11O6P.